The average molecular weight is 378 g/mol. The first kappa shape index (κ1) is 19.4. The van der Waals surface area contributed by atoms with Gasteiger partial charge < -0.3 is 20.1 Å². The maximum Gasteiger partial charge on any atom is 0.408 e. The van der Waals surface area contributed by atoms with Crippen molar-refractivity contribution in [2.24, 2.45) is 0 Å². The monoisotopic (exact) mass is 378 g/mol. The van der Waals surface area contributed by atoms with Crippen LogP contribution in [0.25, 0.3) is 0 Å². The van der Waals surface area contributed by atoms with E-state index in [1.54, 1.807) is 20.8 Å². The number of nitrogens with zero attached hydrogens (tertiary/aromatic N) is 1. The fourth-order valence-electron chi connectivity index (χ4n) is 3.12. The molecule has 0 aromatic rings. The number of carboxylic acids is 1. The summed E-state index contributed by atoms with van der Waals surface area (Å²) in [5, 5.41) is 11.7. The van der Waals surface area contributed by atoms with E-state index in [-0.39, 0.29) is 12.8 Å². The maximum absolute atomic E-state index is 12.5. The van der Waals surface area contributed by atoms with E-state index in [4.69, 9.17) is 8.92 Å². The molecule has 0 bridgehead atoms. The molecule has 25 heavy (non-hydrogen) atoms. The predicted molar refractivity (Wildman–Crippen MR) is 84.2 cm³/mol. The van der Waals surface area contributed by atoms with Crippen LogP contribution >= 0.6 is 0 Å². The van der Waals surface area contributed by atoms with E-state index in [2.05, 4.69) is 5.32 Å². The second-order valence-electron chi connectivity index (χ2n) is 7.18. The summed E-state index contributed by atoms with van der Waals surface area (Å²) in [5.41, 5.74) is -0.757. The number of amides is 2. The lowest BCUT2D eigenvalue weighted by atomic mass is 10.1. The van der Waals surface area contributed by atoms with Gasteiger partial charge in [0.2, 0.25) is 5.91 Å². The second kappa shape index (κ2) is 6.45. The summed E-state index contributed by atoms with van der Waals surface area (Å²) in [5.74, 6) is -1.85. The number of hydrogen-bond donors (Lipinski definition) is 2. The number of rotatable bonds is 4. The highest BCUT2D eigenvalue weighted by atomic mass is 32.2. The summed E-state index contributed by atoms with van der Waals surface area (Å²) in [4.78, 5) is 36.8. The zero-order chi connectivity index (χ0) is 19.2. The number of alkyl carbamates (subject to hydrolysis) is 1. The first-order valence-corrected chi connectivity index (χ1v) is 9.53. The van der Waals surface area contributed by atoms with Crippen LogP contribution in [-0.4, -0.2) is 72.5 Å². The van der Waals surface area contributed by atoms with E-state index in [1.165, 1.54) is 0 Å². The molecule has 2 aliphatic heterocycles. The smallest absolute Gasteiger partial charge is 0.408 e. The number of ether oxygens (including phenoxy) is 1. The Hall–Kier alpha value is -1.88. The van der Waals surface area contributed by atoms with Crippen molar-refractivity contribution in [3.8, 4) is 0 Å². The Balaban J connectivity index is 2.16. The number of nitrogens with one attached hydrogen (secondary N) is 1. The van der Waals surface area contributed by atoms with Crippen molar-refractivity contribution in [1.29, 1.82) is 0 Å². The van der Waals surface area contributed by atoms with Gasteiger partial charge in [-0.05, 0) is 27.2 Å². The first-order valence-electron chi connectivity index (χ1n) is 7.71. The summed E-state index contributed by atoms with van der Waals surface area (Å²) in [7, 11) is -3.82. The molecule has 2 N–H and O–H groups in total. The zero-order valence-corrected chi connectivity index (χ0v) is 15.2. The molecule has 0 aliphatic carbocycles. The van der Waals surface area contributed by atoms with E-state index in [9.17, 15) is 27.9 Å². The molecule has 2 fully saturated rings. The van der Waals surface area contributed by atoms with E-state index < -0.39 is 57.9 Å². The number of aliphatic carboxylic acids is 1. The van der Waals surface area contributed by atoms with Crippen molar-refractivity contribution in [2.75, 3.05) is 6.26 Å². The van der Waals surface area contributed by atoms with Gasteiger partial charge in [0.15, 0.2) is 0 Å². The SMILES string of the molecule is CC(C)(C)OC(=O)N[C@H]1C[C@H]2[C@H](OS(C)(=O)=O)C[C@@H](C(=O)O)N2C1=O. The van der Waals surface area contributed by atoms with Gasteiger partial charge in [-0.15, -0.1) is 0 Å². The minimum atomic E-state index is -3.82. The van der Waals surface area contributed by atoms with Crippen molar-refractivity contribution in [2.45, 2.75) is 63.4 Å². The lowest BCUT2D eigenvalue weighted by Crippen LogP contribution is -2.47. The Morgan fingerprint density at radius 1 is 1.28 bits per heavy atom. The molecule has 2 saturated heterocycles. The predicted octanol–water partition coefficient (Wildman–Crippen LogP) is -0.318. The highest BCUT2D eigenvalue weighted by molar-refractivity contribution is 7.86. The molecule has 2 heterocycles. The number of carbonyl (C=O) groups is 3. The molecular formula is C14H22N2O8S. The van der Waals surface area contributed by atoms with Crippen molar-refractivity contribution >= 4 is 28.1 Å². The van der Waals surface area contributed by atoms with Gasteiger partial charge >= 0.3 is 12.1 Å². The molecule has 0 aromatic heterocycles. The molecule has 11 heteroatoms. The molecule has 4 atom stereocenters. The minimum Gasteiger partial charge on any atom is -0.480 e. The topological polar surface area (TPSA) is 139 Å². The third kappa shape index (κ3) is 4.60. The molecule has 0 saturated carbocycles. The van der Waals surface area contributed by atoms with Gasteiger partial charge in [0.05, 0.1) is 12.3 Å². The second-order valence-corrected chi connectivity index (χ2v) is 8.78. The van der Waals surface area contributed by atoms with Crippen LogP contribution in [0.1, 0.15) is 33.6 Å². The van der Waals surface area contributed by atoms with E-state index in [1.807, 2.05) is 0 Å². The number of fused-ring (bicyclic) bond motifs is 1. The van der Waals surface area contributed by atoms with Crippen molar-refractivity contribution in [3.63, 3.8) is 0 Å². The molecule has 142 valence electrons. The molecule has 0 radical (unpaired) electrons. The van der Waals surface area contributed by atoms with Gasteiger partial charge in [-0.25, -0.2) is 9.59 Å². The van der Waals surface area contributed by atoms with Gasteiger partial charge in [0.1, 0.15) is 23.8 Å². The Morgan fingerprint density at radius 3 is 2.36 bits per heavy atom. The number of carbonyl (C=O) groups excluding carboxylic acids is 2. The van der Waals surface area contributed by atoms with Crippen molar-refractivity contribution in [1.82, 2.24) is 10.2 Å². The molecular weight excluding hydrogens is 356 g/mol. The highest BCUT2D eigenvalue weighted by Crippen LogP contribution is 2.36. The lowest BCUT2D eigenvalue weighted by Gasteiger charge is -2.22. The molecule has 2 rings (SSSR count). The summed E-state index contributed by atoms with van der Waals surface area (Å²) in [6.07, 6.45) is -0.997. The fraction of sp³-hybridized carbons (Fsp3) is 0.786. The first-order chi connectivity index (χ1) is 11.3. The molecule has 0 aromatic carbocycles. The maximum atomic E-state index is 12.5. The van der Waals surface area contributed by atoms with E-state index >= 15 is 0 Å². The number of hydrogen-bond acceptors (Lipinski definition) is 7. The third-order valence-electron chi connectivity index (χ3n) is 3.88. The van der Waals surface area contributed by atoms with Crippen LogP contribution in [0.5, 0.6) is 0 Å². The van der Waals surface area contributed by atoms with E-state index in [0.717, 1.165) is 11.2 Å². The number of carboxylic acid groups (broad SMARTS) is 1. The van der Waals surface area contributed by atoms with Gasteiger partial charge in [-0.3, -0.25) is 8.98 Å². The molecule has 0 spiro atoms. The summed E-state index contributed by atoms with van der Waals surface area (Å²) < 4.78 is 32.8. The van der Waals surface area contributed by atoms with Crippen molar-refractivity contribution < 1.29 is 36.8 Å². The molecule has 2 amide bonds. The van der Waals surface area contributed by atoms with Gasteiger partial charge in [-0.2, -0.15) is 8.42 Å². The Morgan fingerprint density at radius 2 is 1.88 bits per heavy atom. The Kier molecular flexibility index (Phi) is 5.01. The van der Waals surface area contributed by atoms with Crippen LogP contribution < -0.4 is 5.32 Å². The fourth-order valence-corrected chi connectivity index (χ4v) is 3.78. The summed E-state index contributed by atoms with van der Waals surface area (Å²) >= 11 is 0. The molecule has 10 nitrogen and oxygen atoms in total. The largest absolute Gasteiger partial charge is 0.480 e. The summed E-state index contributed by atoms with van der Waals surface area (Å²) in [6.45, 7) is 4.99. The Labute approximate surface area is 145 Å². The van der Waals surface area contributed by atoms with Crippen molar-refractivity contribution in [3.05, 3.63) is 0 Å². The van der Waals surface area contributed by atoms with Gasteiger partial charge in [0.25, 0.3) is 10.1 Å². The minimum absolute atomic E-state index is 0.0437. The van der Waals surface area contributed by atoms with Crippen LogP contribution in [0.2, 0.25) is 0 Å². The van der Waals surface area contributed by atoms with Crippen LogP contribution in [0, 0.1) is 0 Å². The van der Waals surface area contributed by atoms with E-state index in [0.29, 0.717) is 0 Å². The zero-order valence-electron chi connectivity index (χ0n) is 14.4. The van der Waals surface area contributed by atoms with Gasteiger partial charge in [-0.1, -0.05) is 0 Å². The Bertz CT molecular complexity index is 683. The lowest BCUT2D eigenvalue weighted by molar-refractivity contribution is -0.147. The normalized spacial score (nSPS) is 29.4. The van der Waals surface area contributed by atoms with Crippen LogP contribution in [0.15, 0.2) is 0 Å². The quantitative estimate of drug-likeness (QED) is 0.635. The summed E-state index contributed by atoms with van der Waals surface area (Å²) in [6, 6.07) is -2.94. The van der Waals surface area contributed by atoms with Gasteiger partial charge in [0, 0.05) is 6.42 Å². The third-order valence-corrected chi connectivity index (χ3v) is 4.48. The van der Waals surface area contributed by atoms with Crippen LogP contribution in [-0.2, 0) is 28.6 Å². The van der Waals surface area contributed by atoms with Crippen LogP contribution in [0.3, 0.4) is 0 Å². The van der Waals surface area contributed by atoms with Crippen LogP contribution in [0.4, 0.5) is 4.79 Å². The molecule has 0 unspecified atom stereocenters. The standard InChI is InChI=1S/C14H22N2O8S/c1-14(2,3)23-13(20)15-7-5-8-10(24-25(4,21)22)6-9(12(18)19)16(8)11(7)17/h7-10H,5-6H2,1-4H3,(H,15,20)(H,18,19)/t7-,8-,9-,10+/m0/s1. The average Bonchev–Trinajstić information content (AvgIpc) is 2.86. The highest BCUT2D eigenvalue weighted by Gasteiger charge is 2.55. The molecule has 2 aliphatic rings.